The minimum absolute atomic E-state index is 0.0377. The number of nitrogens with one attached hydrogen (secondary N) is 1. The van der Waals surface area contributed by atoms with E-state index in [9.17, 15) is 13.2 Å². The van der Waals surface area contributed by atoms with Crippen molar-refractivity contribution in [2.24, 2.45) is 7.05 Å². The minimum Gasteiger partial charge on any atom is -0.339 e. The van der Waals surface area contributed by atoms with Crippen molar-refractivity contribution in [3.05, 3.63) is 40.2 Å². The lowest BCUT2D eigenvalue weighted by atomic mass is 10.2. The van der Waals surface area contributed by atoms with Crippen molar-refractivity contribution < 1.29 is 8.42 Å². The predicted octanol–water partition coefficient (Wildman–Crippen LogP) is -0.556. The normalized spacial score (nSPS) is 14.2. The van der Waals surface area contributed by atoms with Gasteiger partial charge in [-0.25, -0.2) is 22.8 Å². The summed E-state index contributed by atoms with van der Waals surface area (Å²) in [6, 6.07) is 1.60. The Kier molecular flexibility index (Phi) is 3.83. The van der Waals surface area contributed by atoms with E-state index in [4.69, 9.17) is 0 Å². The summed E-state index contributed by atoms with van der Waals surface area (Å²) in [6.07, 6.45) is 5.61. The molecule has 0 aromatic carbocycles. The third kappa shape index (κ3) is 2.95. The SMILES string of the molecule is Cn1cnc(S(=O)(=O)NCCn2nc3c(cc2=O)CCC3)c1. The number of hydrogen-bond acceptors (Lipinski definition) is 5. The second kappa shape index (κ2) is 5.65. The lowest BCUT2D eigenvalue weighted by Crippen LogP contribution is -2.32. The van der Waals surface area contributed by atoms with Crippen LogP contribution in [0, 0.1) is 0 Å². The number of imidazole rings is 1. The van der Waals surface area contributed by atoms with Gasteiger partial charge in [-0.15, -0.1) is 0 Å². The fourth-order valence-corrected chi connectivity index (χ4v) is 3.49. The molecule has 2 aromatic heterocycles. The summed E-state index contributed by atoms with van der Waals surface area (Å²) < 4.78 is 29.3. The van der Waals surface area contributed by atoms with E-state index in [-0.39, 0.29) is 23.7 Å². The molecule has 0 spiro atoms. The number of sulfonamides is 1. The molecule has 0 atom stereocenters. The Morgan fingerprint density at radius 1 is 1.36 bits per heavy atom. The van der Waals surface area contributed by atoms with Crippen molar-refractivity contribution in [1.29, 1.82) is 0 Å². The van der Waals surface area contributed by atoms with Crippen LogP contribution in [0.2, 0.25) is 0 Å². The molecular formula is C13H17N5O3S. The van der Waals surface area contributed by atoms with Gasteiger partial charge in [0.2, 0.25) is 0 Å². The van der Waals surface area contributed by atoms with Crippen molar-refractivity contribution in [2.45, 2.75) is 30.8 Å². The summed E-state index contributed by atoms with van der Waals surface area (Å²) in [5.74, 6) is 0. The fourth-order valence-electron chi connectivity index (χ4n) is 2.49. The molecule has 2 heterocycles. The topological polar surface area (TPSA) is 98.9 Å². The van der Waals surface area contributed by atoms with Crippen molar-refractivity contribution in [2.75, 3.05) is 6.54 Å². The predicted molar refractivity (Wildman–Crippen MR) is 78.9 cm³/mol. The first-order valence-electron chi connectivity index (χ1n) is 7.03. The number of aryl methyl sites for hydroxylation is 3. The largest absolute Gasteiger partial charge is 0.339 e. The Balaban J connectivity index is 1.68. The molecule has 0 bridgehead atoms. The highest BCUT2D eigenvalue weighted by Crippen LogP contribution is 2.16. The Bertz CT molecular complexity index is 853. The van der Waals surface area contributed by atoms with Gasteiger partial charge in [0, 0.05) is 25.9 Å². The monoisotopic (exact) mass is 323 g/mol. The molecule has 0 radical (unpaired) electrons. The molecule has 0 saturated carbocycles. The van der Waals surface area contributed by atoms with Crippen LogP contribution in [-0.2, 0) is 36.5 Å². The highest BCUT2D eigenvalue weighted by Gasteiger charge is 2.17. The summed E-state index contributed by atoms with van der Waals surface area (Å²) in [5, 5.41) is 4.26. The van der Waals surface area contributed by atoms with Crippen molar-refractivity contribution >= 4 is 10.0 Å². The molecule has 1 aliphatic rings. The summed E-state index contributed by atoms with van der Waals surface area (Å²) >= 11 is 0. The second-order valence-corrected chi connectivity index (χ2v) is 7.02. The minimum atomic E-state index is -3.66. The van der Waals surface area contributed by atoms with Gasteiger partial charge in [-0.05, 0) is 24.8 Å². The smallest absolute Gasteiger partial charge is 0.267 e. The zero-order valence-electron chi connectivity index (χ0n) is 12.2. The molecule has 22 heavy (non-hydrogen) atoms. The zero-order valence-corrected chi connectivity index (χ0v) is 13.0. The van der Waals surface area contributed by atoms with Gasteiger partial charge in [0.1, 0.15) is 0 Å². The van der Waals surface area contributed by atoms with Crippen molar-refractivity contribution in [1.82, 2.24) is 24.1 Å². The third-order valence-electron chi connectivity index (χ3n) is 3.60. The van der Waals surface area contributed by atoms with E-state index < -0.39 is 10.0 Å². The number of nitrogens with zero attached hydrogens (tertiary/aromatic N) is 4. The maximum Gasteiger partial charge on any atom is 0.267 e. The molecule has 0 aliphatic heterocycles. The quantitative estimate of drug-likeness (QED) is 0.795. The highest BCUT2D eigenvalue weighted by molar-refractivity contribution is 7.89. The lowest BCUT2D eigenvalue weighted by Gasteiger charge is -2.08. The molecule has 1 aliphatic carbocycles. The van der Waals surface area contributed by atoms with E-state index in [2.05, 4.69) is 14.8 Å². The van der Waals surface area contributed by atoms with Crippen molar-refractivity contribution in [3.63, 3.8) is 0 Å². The third-order valence-corrected chi connectivity index (χ3v) is 4.94. The van der Waals surface area contributed by atoms with Crippen LogP contribution in [0.4, 0.5) is 0 Å². The molecule has 118 valence electrons. The molecule has 0 unspecified atom stereocenters. The first-order chi connectivity index (χ1) is 10.5. The number of rotatable bonds is 5. The molecule has 9 heteroatoms. The Hall–Kier alpha value is -2.00. The summed E-state index contributed by atoms with van der Waals surface area (Å²) in [6.45, 7) is 0.281. The van der Waals surface area contributed by atoms with Crippen LogP contribution in [0.25, 0.3) is 0 Å². The molecule has 0 fully saturated rings. The fraction of sp³-hybridized carbons (Fsp3) is 0.462. The van der Waals surface area contributed by atoms with E-state index in [0.29, 0.717) is 0 Å². The Morgan fingerprint density at radius 3 is 2.91 bits per heavy atom. The van der Waals surface area contributed by atoms with E-state index in [1.165, 1.54) is 17.2 Å². The number of aromatic nitrogens is 4. The van der Waals surface area contributed by atoms with Crippen LogP contribution in [0.5, 0.6) is 0 Å². The van der Waals surface area contributed by atoms with Crippen LogP contribution < -0.4 is 10.3 Å². The molecule has 2 aromatic rings. The van der Waals surface area contributed by atoms with E-state index >= 15 is 0 Å². The number of hydrogen-bond donors (Lipinski definition) is 1. The van der Waals surface area contributed by atoms with Gasteiger partial charge in [0.15, 0.2) is 5.03 Å². The van der Waals surface area contributed by atoms with Gasteiger partial charge in [-0.1, -0.05) is 0 Å². The van der Waals surface area contributed by atoms with Gasteiger partial charge in [-0.3, -0.25) is 4.79 Å². The van der Waals surface area contributed by atoms with Crippen LogP contribution >= 0.6 is 0 Å². The second-order valence-electron chi connectivity index (χ2n) is 5.31. The zero-order chi connectivity index (χ0) is 15.7. The summed E-state index contributed by atoms with van der Waals surface area (Å²) in [5.41, 5.74) is 1.75. The van der Waals surface area contributed by atoms with Gasteiger partial charge in [0.05, 0.1) is 18.6 Å². The molecule has 8 nitrogen and oxygen atoms in total. The Labute approximate surface area is 127 Å². The van der Waals surface area contributed by atoms with Crippen LogP contribution in [0.15, 0.2) is 28.4 Å². The maximum atomic E-state index is 12.0. The molecular weight excluding hydrogens is 306 g/mol. The summed E-state index contributed by atoms with van der Waals surface area (Å²) in [4.78, 5) is 15.7. The highest BCUT2D eigenvalue weighted by atomic mass is 32.2. The van der Waals surface area contributed by atoms with Gasteiger partial charge in [0.25, 0.3) is 15.6 Å². The van der Waals surface area contributed by atoms with Gasteiger partial charge < -0.3 is 4.57 Å². The standard InChI is InChI=1S/C13H17N5O3S/c1-17-8-12(14-9-17)22(20,21)15-5-6-18-13(19)7-10-3-2-4-11(10)16-18/h7-9,15H,2-6H2,1H3. The maximum absolute atomic E-state index is 12.0. The number of fused-ring (bicyclic) bond motifs is 1. The lowest BCUT2D eigenvalue weighted by molar-refractivity contribution is 0.540. The Morgan fingerprint density at radius 2 is 2.18 bits per heavy atom. The van der Waals surface area contributed by atoms with Crippen LogP contribution in [0.3, 0.4) is 0 Å². The van der Waals surface area contributed by atoms with E-state index in [0.717, 1.165) is 30.5 Å². The van der Waals surface area contributed by atoms with Crippen molar-refractivity contribution in [3.8, 4) is 0 Å². The van der Waals surface area contributed by atoms with Gasteiger partial charge in [-0.2, -0.15) is 5.10 Å². The average Bonchev–Trinajstić information content (AvgIpc) is 3.07. The van der Waals surface area contributed by atoms with E-state index in [1.54, 1.807) is 17.7 Å². The summed E-state index contributed by atoms with van der Waals surface area (Å²) in [7, 11) is -1.96. The molecule has 0 amide bonds. The van der Waals surface area contributed by atoms with Crippen LogP contribution in [0.1, 0.15) is 17.7 Å². The molecule has 1 N–H and O–H groups in total. The molecule has 3 rings (SSSR count). The molecule has 0 saturated heterocycles. The average molecular weight is 323 g/mol. The van der Waals surface area contributed by atoms with Crippen LogP contribution in [-0.4, -0.2) is 34.3 Å². The van der Waals surface area contributed by atoms with E-state index in [1.807, 2.05) is 0 Å². The first-order valence-corrected chi connectivity index (χ1v) is 8.51. The first kappa shape index (κ1) is 14.9. The van der Waals surface area contributed by atoms with Gasteiger partial charge >= 0.3 is 0 Å².